The third-order valence-electron chi connectivity index (χ3n) is 8.51. The Kier molecular flexibility index (Phi) is 7.62. The van der Waals surface area contributed by atoms with Crippen LogP contribution in [0.2, 0.25) is 0 Å². The largest absolute Gasteiger partial charge is 0.454 e. The number of ether oxygens (including phenoxy) is 2. The zero-order valence-corrected chi connectivity index (χ0v) is 23.1. The molecular formula is C33H37N3O4. The molecule has 0 bridgehead atoms. The van der Waals surface area contributed by atoms with E-state index in [0.29, 0.717) is 40.1 Å². The zero-order valence-electron chi connectivity index (χ0n) is 23.1. The smallest absolute Gasteiger partial charge is 0.256 e. The summed E-state index contributed by atoms with van der Waals surface area (Å²) in [5.41, 5.74) is 4.10. The molecule has 6 rings (SSSR count). The average molecular weight is 540 g/mol. The third kappa shape index (κ3) is 5.79. The number of anilines is 2. The number of amides is 2. The van der Waals surface area contributed by atoms with Gasteiger partial charge in [0.25, 0.3) is 11.8 Å². The minimum Gasteiger partial charge on any atom is -0.454 e. The summed E-state index contributed by atoms with van der Waals surface area (Å²) in [5, 5.41) is 2.99. The Morgan fingerprint density at radius 1 is 0.850 bits per heavy atom. The van der Waals surface area contributed by atoms with Gasteiger partial charge in [-0.3, -0.25) is 9.59 Å². The molecule has 3 aliphatic rings. The summed E-state index contributed by atoms with van der Waals surface area (Å²) in [7, 11) is 0. The fourth-order valence-electron chi connectivity index (χ4n) is 6.01. The molecule has 0 atom stereocenters. The number of carbonyl (C=O) groups is 2. The lowest BCUT2D eigenvalue weighted by molar-refractivity contribution is 0.0697. The van der Waals surface area contributed by atoms with Gasteiger partial charge >= 0.3 is 0 Å². The van der Waals surface area contributed by atoms with Gasteiger partial charge in [0, 0.05) is 43.1 Å². The topological polar surface area (TPSA) is 71.1 Å². The molecule has 0 radical (unpaired) electrons. The number of benzene rings is 3. The molecule has 3 heterocycles. The summed E-state index contributed by atoms with van der Waals surface area (Å²) in [6.07, 6.45) is 5.31. The van der Waals surface area contributed by atoms with Crippen molar-refractivity contribution in [2.45, 2.75) is 39.0 Å². The van der Waals surface area contributed by atoms with Crippen molar-refractivity contribution in [3.05, 3.63) is 83.4 Å². The number of fused-ring (bicyclic) bond motifs is 1. The molecule has 2 amide bonds. The number of carbonyl (C=O) groups excluding carboxylic acids is 2. The lowest BCUT2D eigenvalue weighted by Crippen LogP contribution is -2.40. The highest BCUT2D eigenvalue weighted by Gasteiger charge is 2.28. The molecule has 0 unspecified atom stereocenters. The Morgan fingerprint density at radius 2 is 1.60 bits per heavy atom. The van der Waals surface area contributed by atoms with Crippen molar-refractivity contribution in [3.8, 4) is 11.5 Å². The zero-order chi connectivity index (χ0) is 27.5. The van der Waals surface area contributed by atoms with Crippen molar-refractivity contribution in [1.82, 2.24) is 4.90 Å². The van der Waals surface area contributed by atoms with E-state index in [0.717, 1.165) is 64.0 Å². The SMILES string of the molecule is CC1CCN(C(=O)c2cc(NC(=O)c3ccc4c(c3)OCO4)ccc2N2CCC(Cc3ccccc3)CC2)CC1. The van der Waals surface area contributed by atoms with Crippen LogP contribution in [-0.2, 0) is 6.42 Å². The predicted molar refractivity (Wildman–Crippen MR) is 156 cm³/mol. The van der Waals surface area contributed by atoms with Crippen LogP contribution in [0.1, 0.15) is 58.9 Å². The van der Waals surface area contributed by atoms with E-state index in [4.69, 9.17) is 9.47 Å². The fourth-order valence-corrected chi connectivity index (χ4v) is 6.01. The molecule has 3 aromatic rings. The fraction of sp³-hybridized carbons (Fsp3) is 0.394. The van der Waals surface area contributed by atoms with Crippen molar-refractivity contribution >= 4 is 23.2 Å². The van der Waals surface area contributed by atoms with E-state index in [1.54, 1.807) is 18.2 Å². The number of hydrogen-bond donors (Lipinski definition) is 1. The van der Waals surface area contributed by atoms with E-state index in [2.05, 4.69) is 47.5 Å². The monoisotopic (exact) mass is 539 g/mol. The van der Waals surface area contributed by atoms with Gasteiger partial charge in [-0.15, -0.1) is 0 Å². The number of hydrogen-bond acceptors (Lipinski definition) is 5. The summed E-state index contributed by atoms with van der Waals surface area (Å²) in [4.78, 5) is 31.3. The first-order chi connectivity index (χ1) is 19.5. The maximum absolute atomic E-state index is 13.9. The molecule has 3 aliphatic heterocycles. The second kappa shape index (κ2) is 11.6. The molecular weight excluding hydrogens is 502 g/mol. The normalized spacial score (nSPS) is 17.6. The van der Waals surface area contributed by atoms with E-state index in [-0.39, 0.29) is 18.6 Å². The second-order valence-electron chi connectivity index (χ2n) is 11.3. The van der Waals surface area contributed by atoms with Crippen LogP contribution in [0.25, 0.3) is 0 Å². The summed E-state index contributed by atoms with van der Waals surface area (Å²) in [6.45, 7) is 5.78. The highest BCUT2D eigenvalue weighted by atomic mass is 16.7. The quantitative estimate of drug-likeness (QED) is 0.416. The molecule has 0 aromatic heterocycles. The first-order valence-electron chi connectivity index (χ1n) is 14.5. The number of nitrogens with one attached hydrogen (secondary N) is 1. The van der Waals surface area contributed by atoms with Gasteiger partial charge in [-0.2, -0.15) is 0 Å². The lowest BCUT2D eigenvalue weighted by Gasteiger charge is -2.36. The van der Waals surface area contributed by atoms with E-state index in [9.17, 15) is 9.59 Å². The van der Waals surface area contributed by atoms with Crippen LogP contribution in [-0.4, -0.2) is 49.7 Å². The second-order valence-corrected chi connectivity index (χ2v) is 11.3. The van der Waals surface area contributed by atoms with Crippen molar-refractivity contribution < 1.29 is 19.1 Å². The van der Waals surface area contributed by atoms with Crippen LogP contribution in [0.5, 0.6) is 11.5 Å². The molecule has 3 aromatic carbocycles. The van der Waals surface area contributed by atoms with Gasteiger partial charge in [0.1, 0.15) is 0 Å². The van der Waals surface area contributed by atoms with Gasteiger partial charge in [-0.25, -0.2) is 0 Å². The minimum atomic E-state index is -0.252. The van der Waals surface area contributed by atoms with Crippen molar-refractivity contribution in [2.75, 3.05) is 43.2 Å². The molecule has 2 fully saturated rings. The van der Waals surface area contributed by atoms with E-state index in [1.165, 1.54) is 5.56 Å². The molecule has 7 nitrogen and oxygen atoms in total. The molecule has 0 spiro atoms. The van der Waals surface area contributed by atoms with Crippen LogP contribution in [0.4, 0.5) is 11.4 Å². The maximum Gasteiger partial charge on any atom is 0.256 e. The Labute approximate surface area is 236 Å². The molecule has 0 aliphatic carbocycles. The van der Waals surface area contributed by atoms with Gasteiger partial charge in [0.15, 0.2) is 11.5 Å². The minimum absolute atomic E-state index is 0.0486. The molecule has 7 heteroatoms. The number of piperidine rings is 2. The van der Waals surface area contributed by atoms with Crippen LogP contribution in [0.15, 0.2) is 66.7 Å². The molecule has 2 saturated heterocycles. The van der Waals surface area contributed by atoms with Gasteiger partial charge in [0.05, 0.1) is 5.56 Å². The number of nitrogens with zero attached hydrogens (tertiary/aromatic N) is 2. The number of rotatable bonds is 6. The molecule has 40 heavy (non-hydrogen) atoms. The Morgan fingerprint density at radius 3 is 2.38 bits per heavy atom. The highest BCUT2D eigenvalue weighted by molar-refractivity contribution is 6.06. The van der Waals surface area contributed by atoms with Crippen LogP contribution >= 0.6 is 0 Å². The summed E-state index contributed by atoms with van der Waals surface area (Å²) in [5.74, 6) is 2.28. The van der Waals surface area contributed by atoms with Gasteiger partial charge in [-0.05, 0) is 85.9 Å². The molecule has 0 saturated carbocycles. The average Bonchev–Trinajstić information content (AvgIpc) is 3.46. The van der Waals surface area contributed by atoms with Crippen molar-refractivity contribution in [2.24, 2.45) is 11.8 Å². The van der Waals surface area contributed by atoms with Crippen molar-refractivity contribution in [3.63, 3.8) is 0 Å². The van der Waals surface area contributed by atoms with E-state index >= 15 is 0 Å². The number of likely N-dealkylation sites (tertiary alicyclic amines) is 1. The van der Waals surface area contributed by atoms with Crippen LogP contribution in [0.3, 0.4) is 0 Å². The van der Waals surface area contributed by atoms with Crippen LogP contribution in [0, 0.1) is 11.8 Å². The maximum atomic E-state index is 13.9. The summed E-state index contributed by atoms with van der Waals surface area (Å²) >= 11 is 0. The highest BCUT2D eigenvalue weighted by Crippen LogP contribution is 2.34. The summed E-state index contributed by atoms with van der Waals surface area (Å²) in [6, 6.07) is 21.6. The molecule has 208 valence electrons. The van der Waals surface area contributed by atoms with Gasteiger partial charge in [-0.1, -0.05) is 37.3 Å². The van der Waals surface area contributed by atoms with E-state index < -0.39 is 0 Å². The van der Waals surface area contributed by atoms with Gasteiger partial charge in [0.2, 0.25) is 6.79 Å². The predicted octanol–water partition coefficient (Wildman–Crippen LogP) is 6.00. The third-order valence-corrected chi connectivity index (χ3v) is 8.51. The first-order valence-corrected chi connectivity index (χ1v) is 14.5. The van der Waals surface area contributed by atoms with E-state index in [1.807, 2.05) is 23.1 Å². The van der Waals surface area contributed by atoms with Crippen LogP contribution < -0.4 is 19.7 Å². The first kappa shape index (κ1) is 26.2. The van der Waals surface area contributed by atoms with Crippen molar-refractivity contribution in [1.29, 1.82) is 0 Å². The standard InChI is InChI=1S/C33H37N3O4/c1-23-11-15-36(16-12-23)33(38)28-21-27(34-32(37)26-7-10-30-31(20-26)40-22-39-30)8-9-29(28)35-17-13-25(14-18-35)19-24-5-3-2-4-6-24/h2-10,20-21,23,25H,11-19,22H2,1H3,(H,34,37). The lowest BCUT2D eigenvalue weighted by atomic mass is 9.89. The Balaban J connectivity index is 1.20. The Bertz CT molecular complexity index is 1360. The Hall–Kier alpha value is -4.00. The van der Waals surface area contributed by atoms with Gasteiger partial charge < -0.3 is 24.6 Å². The summed E-state index contributed by atoms with van der Waals surface area (Å²) < 4.78 is 10.8. The molecule has 1 N–H and O–H groups in total.